The number of fused-ring (bicyclic) bond motifs is 2. The minimum absolute atomic E-state index is 0.0449. The first-order valence-electron chi connectivity index (χ1n) is 9.56. The predicted octanol–water partition coefficient (Wildman–Crippen LogP) is 3.55. The zero-order chi connectivity index (χ0) is 20.4. The van der Waals surface area contributed by atoms with Crippen LogP contribution in [0.1, 0.15) is 6.92 Å². The second-order valence-electron chi connectivity index (χ2n) is 6.76. The van der Waals surface area contributed by atoms with Gasteiger partial charge in [0, 0.05) is 24.4 Å². The summed E-state index contributed by atoms with van der Waals surface area (Å²) >= 11 is 0. The van der Waals surface area contributed by atoms with E-state index in [4.69, 9.17) is 4.74 Å². The molecular formula is C22H23N3O3S. The van der Waals surface area contributed by atoms with E-state index < -0.39 is 9.84 Å². The maximum Gasteiger partial charge on any atom is 0.226 e. The van der Waals surface area contributed by atoms with Crippen molar-refractivity contribution in [3.63, 3.8) is 0 Å². The Bertz CT molecular complexity index is 1270. The van der Waals surface area contributed by atoms with Gasteiger partial charge in [0.15, 0.2) is 5.03 Å². The molecule has 0 spiro atoms. The van der Waals surface area contributed by atoms with E-state index >= 15 is 0 Å². The Kier molecular flexibility index (Phi) is 5.25. The molecule has 0 unspecified atom stereocenters. The fraction of sp³-hybridized carbons (Fsp3) is 0.227. The molecule has 0 bridgehead atoms. The number of ether oxygens (including phenoxy) is 1. The standard InChI is InChI=1S/C22H23N3O3S/c1-3-23-14-15-28-19-12-7-11-18-21(19)25(2)24-22(18)29(26,27)20-13-6-9-16-8-4-5-10-17(16)20/h4-13,23H,3,14-15H2,1-2H3. The van der Waals surface area contributed by atoms with Crippen LogP contribution in [0.2, 0.25) is 0 Å². The van der Waals surface area contributed by atoms with Gasteiger partial charge in [-0.15, -0.1) is 0 Å². The van der Waals surface area contributed by atoms with Gasteiger partial charge in [-0.25, -0.2) is 8.42 Å². The zero-order valence-electron chi connectivity index (χ0n) is 16.4. The van der Waals surface area contributed by atoms with Crippen LogP contribution in [0.4, 0.5) is 0 Å². The van der Waals surface area contributed by atoms with E-state index in [1.165, 1.54) is 0 Å². The van der Waals surface area contributed by atoms with Gasteiger partial charge in [0.25, 0.3) is 0 Å². The molecule has 29 heavy (non-hydrogen) atoms. The molecule has 4 aromatic rings. The molecule has 0 saturated carbocycles. The molecule has 0 aliphatic heterocycles. The maximum absolute atomic E-state index is 13.6. The van der Waals surface area contributed by atoms with Crippen LogP contribution in [0.3, 0.4) is 0 Å². The minimum atomic E-state index is -3.82. The zero-order valence-corrected chi connectivity index (χ0v) is 17.2. The fourth-order valence-electron chi connectivity index (χ4n) is 3.53. The van der Waals surface area contributed by atoms with E-state index in [1.807, 2.05) is 43.3 Å². The van der Waals surface area contributed by atoms with Crippen molar-refractivity contribution >= 4 is 31.5 Å². The van der Waals surface area contributed by atoms with Crippen molar-refractivity contribution < 1.29 is 13.2 Å². The Morgan fingerprint density at radius 3 is 2.55 bits per heavy atom. The van der Waals surface area contributed by atoms with Crippen molar-refractivity contribution in [2.24, 2.45) is 7.05 Å². The van der Waals surface area contributed by atoms with Crippen LogP contribution in [0.15, 0.2) is 70.6 Å². The van der Waals surface area contributed by atoms with E-state index in [2.05, 4.69) is 10.4 Å². The number of rotatable bonds is 7. The van der Waals surface area contributed by atoms with Gasteiger partial charge in [0.1, 0.15) is 17.9 Å². The normalized spacial score (nSPS) is 11.9. The monoisotopic (exact) mass is 409 g/mol. The molecule has 1 N–H and O–H groups in total. The third-order valence-electron chi connectivity index (χ3n) is 4.87. The number of hydrogen-bond donors (Lipinski definition) is 1. The Hall–Kier alpha value is -2.90. The molecule has 7 heteroatoms. The van der Waals surface area contributed by atoms with Crippen LogP contribution in [0.5, 0.6) is 5.75 Å². The van der Waals surface area contributed by atoms with Gasteiger partial charge in [-0.05, 0) is 30.1 Å². The van der Waals surface area contributed by atoms with Crippen LogP contribution in [0.25, 0.3) is 21.7 Å². The molecule has 6 nitrogen and oxygen atoms in total. The summed E-state index contributed by atoms with van der Waals surface area (Å²) in [5.41, 5.74) is 0.669. The smallest absolute Gasteiger partial charge is 0.226 e. The summed E-state index contributed by atoms with van der Waals surface area (Å²) in [6.07, 6.45) is 0. The second-order valence-corrected chi connectivity index (χ2v) is 8.60. The van der Waals surface area contributed by atoms with Crippen LogP contribution < -0.4 is 10.1 Å². The number of nitrogens with zero attached hydrogens (tertiary/aromatic N) is 2. The summed E-state index contributed by atoms with van der Waals surface area (Å²) < 4.78 is 34.6. The van der Waals surface area contributed by atoms with E-state index in [-0.39, 0.29) is 9.92 Å². The SMILES string of the molecule is CCNCCOc1cccc2c(S(=O)(=O)c3cccc4ccccc34)nn(C)c12. The highest BCUT2D eigenvalue weighted by molar-refractivity contribution is 7.91. The van der Waals surface area contributed by atoms with Crippen LogP contribution in [-0.2, 0) is 16.9 Å². The second kappa shape index (κ2) is 7.85. The fourth-order valence-corrected chi connectivity index (χ4v) is 5.15. The van der Waals surface area contributed by atoms with Gasteiger partial charge in [0.05, 0.1) is 4.90 Å². The van der Waals surface area contributed by atoms with Crippen LogP contribution in [0, 0.1) is 0 Å². The van der Waals surface area contributed by atoms with Crippen LogP contribution in [-0.4, -0.2) is 37.9 Å². The summed E-state index contributed by atoms with van der Waals surface area (Å²) in [6, 6.07) is 18.2. The number of para-hydroxylation sites is 1. The van der Waals surface area contributed by atoms with Crippen molar-refractivity contribution in [1.29, 1.82) is 0 Å². The molecule has 1 aromatic heterocycles. The Labute approximate surface area is 170 Å². The molecule has 0 saturated heterocycles. The topological polar surface area (TPSA) is 73.2 Å². The highest BCUT2D eigenvalue weighted by Crippen LogP contribution is 2.34. The molecule has 1 heterocycles. The molecule has 150 valence electrons. The first kappa shape index (κ1) is 19.4. The average Bonchev–Trinajstić information content (AvgIpc) is 3.09. The van der Waals surface area contributed by atoms with Crippen molar-refractivity contribution in [1.82, 2.24) is 15.1 Å². The predicted molar refractivity (Wildman–Crippen MR) is 114 cm³/mol. The number of aromatic nitrogens is 2. The van der Waals surface area contributed by atoms with Gasteiger partial charge >= 0.3 is 0 Å². The van der Waals surface area contributed by atoms with Gasteiger partial charge in [0.2, 0.25) is 9.84 Å². The number of likely N-dealkylation sites (N-methyl/N-ethyl adjacent to an activating group) is 1. The van der Waals surface area contributed by atoms with Gasteiger partial charge in [-0.2, -0.15) is 5.10 Å². The molecule has 4 rings (SSSR count). The summed E-state index contributed by atoms with van der Waals surface area (Å²) in [4.78, 5) is 0.258. The van der Waals surface area contributed by atoms with E-state index in [0.717, 1.165) is 11.9 Å². The van der Waals surface area contributed by atoms with Gasteiger partial charge in [-0.1, -0.05) is 49.4 Å². The molecular weight excluding hydrogens is 386 g/mol. The Balaban J connectivity index is 1.83. The Morgan fingerprint density at radius 2 is 1.72 bits per heavy atom. The summed E-state index contributed by atoms with van der Waals surface area (Å²) in [5, 5.41) is 9.75. The molecule has 0 aliphatic rings. The molecule has 0 atom stereocenters. The quantitative estimate of drug-likeness (QED) is 0.473. The van der Waals surface area contributed by atoms with Crippen molar-refractivity contribution in [3.05, 3.63) is 60.7 Å². The van der Waals surface area contributed by atoms with Crippen LogP contribution >= 0.6 is 0 Å². The molecule has 0 radical (unpaired) electrons. The molecule has 3 aromatic carbocycles. The Morgan fingerprint density at radius 1 is 1.00 bits per heavy atom. The van der Waals surface area contributed by atoms with Crippen molar-refractivity contribution in [2.75, 3.05) is 19.7 Å². The highest BCUT2D eigenvalue weighted by atomic mass is 32.2. The molecule has 0 aliphatic carbocycles. The van der Waals surface area contributed by atoms with Gasteiger partial charge in [-0.3, -0.25) is 4.68 Å². The lowest BCUT2D eigenvalue weighted by Crippen LogP contribution is -2.20. The third-order valence-corrected chi connectivity index (χ3v) is 6.62. The first-order valence-corrected chi connectivity index (χ1v) is 11.0. The van der Waals surface area contributed by atoms with Crippen molar-refractivity contribution in [2.45, 2.75) is 16.8 Å². The lowest BCUT2D eigenvalue weighted by atomic mass is 10.1. The first-order chi connectivity index (χ1) is 14.0. The van der Waals surface area contributed by atoms with Crippen molar-refractivity contribution in [3.8, 4) is 5.75 Å². The lowest BCUT2D eigenvalue weighted by Gasteiger charge is -2.09. The number of benzene rings is 3. The van der Waals surface area contributed by atoms with Gasteiger partial charge < -0.3 is 10.1 Å². The number of sulfone groups is 1. The summed E-state index contributed by atoms with van der Waals surface area (Å²) in [5.74, 6) is 0.620. The summed E-state index contributed by atoms with van der Waals surface area (Å²) in [7, 11) is -2.08. The average molecular weight is 410 g/mol. The van der Waals surface area contributed by atoms with E-state index in [0.29, 0.717) is 35.2 Å². The number of nitrogens with one attached hydrogen (secondary N) is 1. The lowest BCUT2D eigenvalue weighted by molar-refractivity contribution is 0.317. The third kappa shape index (κ3) is 3.47. The molecule has 0 amide bonds. The maximum atomic E-state index is 13.6. The molecule has 0 fully saturated rings. The van der Waals surface area contributed by atoms with E-state index in [9.17, 15) is 8.42 Å². The largest absolute Gasteiger partial charge is 0.490 e. The minimum Gasteiger partial charge on any atom is -0.490 e. The highest BCUT2D eigenvalue weighted by Gasteiger charge is 2.27. The number of aryl methyl sites for hydroxylation is 1. The summed E-state index contributed by atoms with van der Waals surface area (Å²) in [6.45, 7) is 4.11. The van der Waals surface area contributed by atoms with E-state index in [1.54, 1.807) is 36.0 Å². The number of hydrogen-bond acceptors (Lipinski definition) is 5.